The Balaban J connectivity index is 2.47. The highest BCUT2D eigenvalue weighted by atomic mass is 35.5. The van der Waals surface area contributed by atoms with Crippen LogP contribution in [0.2, 0.25) is 0 Å². The number of piperidine rings is 1. The van der Waals surface area contributed by atoms with Crippen molar-refractivity contribution in [1.29, 1.82) is 0 Å². The van der Waals surface area contributed by atoms with Crippen LogP contribution in [0, 0.1) is 5.92 Å². The first-order valence-corrected chi connectivity index (χ1v) is 5.66. The van der Waals surface area contributed by atoms with Crippen LogP contribution in [0.5, 0.6) is 0 Å². The molecule has 0 unspecified atom stereocenters. The molecular formula is C10H18ClNO2. The fourth-order valence-electron chi connectivity index (χ4n) is 1.79. The number of halogens is 1. The zero-order chi connectivity index (χ0) is 10.6. The first-order chi connectivity index (χ1) is 6.69. The van der Waals surface area contributed by atoms with Crippen molar-refractivity contribution in [3.8, 4) is 0 Å². The maximum absolute atomic E-state index is 11.7. The number of hydrogen-bond donors (Lipinski definition) is 1. The number of alkyl halides is 1. The number of likely N-dealkylation sites (tertiary alicyclic amines) is 1. The molecule has 3 nitrogen and oxygen atoms in total. The van der Waals surface area contributed by atoms with Crippen molar-refractivity contribution < 1.29 is 9.90 Å². The summed E-state index contributed by atoms with van der Waals surface area (Å²) in [5, 5.41) is 8.62. The normalized spacial score (nSPS) is 24.8. The van der Waals surface area contributed by atoms with Gasteiger partial charge in [-0.3, -0.25) is 4.79 Å². The van der Waals surface area contributed by atoms with E-state index in [1.54, 1.807) is 4.90 Å². The van der Waals surface area contributed by atoms with Gasteiger partial charge < -0.3 is 10.0 Å². The van der Waals surface area contributed by atoms with E-state index < -0.39 is 5.38 Å². The van der Waals surface area contributed by atoms with E-state index >= 15 is 0 Å². The third-order valence-corrected chi connectivity index (χ3v) is 3.21. The Labute approximate surface area is 90.0 Å². The molecule has 1 aliphatic heterocycles. The van der Waals surface area contributed by atoms with Gasteiger partial charge in [0.1, 0.15) is 5.38 Å². The van der Waals surface area contributed by atoms with Crippen molar-refractivity contribution in [2.24, 2.45) is 5.92 Å². The van der Waals surface area contributed by atoms with Crippen LogP contribution >= 0.6 is 11.6 Å². The molecule has 4 heteroatoms. The molecule has 1 amide bonds. The molecule has 0 aromatic rings. The van der Waals surface area contributed by atoms with Gasteiger partial charge in [0.2, 0.25) is 5.91 Å². The third-order valence-electron chi connectivity index (χ3n) is 2.72. The average molecular weight is 220 g/mol. The lowest BCUT2D eigenvalue weighted by Gasteiger charge is -2.32. The summed E-state index contributed by atoms with van der Waals surface area (Å²) >= 11 is 5.89. The van der Waals surface area contributed by atoms with Crippen LogP contribution in [0.15, 0.2) is 0 Å². The molecule has 1 N–H and O–H groups in total. The Morgan fingerprint density at radius 3 is 3.00 bits per heavy atom. The number of rotatable bonds is 3. The van der Waals surface area contributed by atoms with Gasteiger partial charge in [-0.25, -0.2) is 0 Å². The Bertz CT molecular complexity index is 199. The summed E-state index contributed by atoms with van der Waals surface area (Å²) in [5.41, 5.74) is 0. The monoisotopic (exact) mass is 219 g/mol. The minimum Gasteiger partial charge on any atom is -0.396 e. The second kappa shape index (κ2) is 5.56. The summed E-state index contributed by atoms with van der Waals surface area (Å²) in [6, 6.07) is 0. The van der Waals surface area contributed by atoms with Gasteiger partial charge >= 0.3 is 0 Å². The Hall–Kier alpha value is -0.280. The highest BCUT2D eigenvalue weighted by molar-refractivity contribution is 6.30. The van der Waals surface area contributed by atoms with Crippen molar-refractivity contribution in [3.63, 3.8) is 0 Å². The number of carbonyl (C=O) groups excluding carboxylic acids is 1. The number of carbonyl (C=O) groups is 1. The zero-order valence-corrected chi connectivity index (χ0v) is 9.33. The second-order valence-electron chi connectivity index (χ2n) is 3.85. The Morgan fingerprint density at radius 2 is 2.43 bits per heavy atom. The van der Waals surface area contributed by atoms with E-state index in [-0.39, 0.29) is 18.4 Å². The number of hydrogen-bond acceptors (Lipinski definition) is 2. The Morgan fingerprint density at radius 1 is 1.71 bits per heavy atom. The molecule has 0 bridgehead atoms. The van der Waals surface area contributed by atoms with E-state index in [1.165, 1.54) is 0 Å². The van der Waals surface area contributed by atoms with E-state index in [0.29, 0.717) is 13.0 Å². The van der Waals surface area contributed by atoms with E-state index in [9.17, 15) is 4.79 Å². The minimum absolute atomic E-state index is 0.0207. The summed E-state index contributed by atoms with van der Waals surface area (Å²) in [6.45, 7) is 3.53. The van der Waals surface area contributed by atoms with Gasteiger partial charge in [0.15, 0.2) is 0 Å². The fraction of sp³-hybridized carbons (Fsp3) is 0.900. The molecule has 0 aliphatic carbocycles. The van der Waals surface area contributed by atoms with Crippen molar-refractivity contribution in [2.45, 2.75) is 31.6 Å². The maximum atomic E-state index is 11.7. The zero-order valence-electron chi connectivity index (χ0n) is 8.58. The summed E-state index contributed by atoms with van der Waals surface area (Å²) in [5.74, 6) is 0.265. The number of nitrogens with zero attached hydrogens (tertiary/aromatic N) is 1. The SMILES string of the molecule is CC[C@H](Cl)C(=O)N1CCC[C@H](CO)C1. The molecular weight excluding hydrogens is 202 g/mol. The van der Waals surface area contributed by atoms with E-state index in [4.69, 9.17) is 16.7 Å². The average Bonchev–Trinajstić information content (AvgIpc) is 2.27. The van der Waals surface area contributed by atoms with Crippen molar-refractivity contribution in [2.75, 3.05) is 19.7 Å². The van der Waals surface area contributed by atoms with Gasteiger partial charge in [-0.05, 0) is 25.2 Å². The summed E-state index contributed by atoms with van der Waals surface area (Å²) in [7, 11) is 0. The van der Waals surface area contributed by atoms with Gasteiger partial charge in [-0.2, -0.15) is 0 Å². The molecule has 1 rings (SSSR count). The van der Waals surface area contributed by atoms with E-state index in [1.807, 2.05) is 6.92 Å². The number of amides is 1. The van der Waals surface area contributed by atoms with Crippen molar-refractivity contribution >= 4 is 17.5 Å². The fourth-order valence-corrected chi connectivity index (χ4v) is 1.92. The lowest BCUT2D eigenvalue weighted by molar-refractivity contribution is -0.132. The van der Waals surface area contributed by atoms with Gasteiger partial charge in [-0.1, -0.05) is 6.92 Å². The molecule has 0 saturated carbocycles. The topological polar surface area (TPSA) is 40.5 Å². The molecule has 1 heterocycles. The predicted molar refractivity (Wildman–Crippen MR) is 56.3 cm³/mol. The predicted octanol–water partition coefficient (Wildman–Crippen LogP) is 1.23. The van der Waals surface area contributed by atoms with Gasteiger partial charge in [0, 0.05) is 19.7 Å². The number of aliphatic hydroxyl groups excluding tert-OH is 1. The quantitative estimate of drug-likeness (QED) is 0.726. The van der Waals surface area contributed by atoms with Crippen LogP contribution in [-0.2, 0) is 4.79 Å². The van der Waals surface area contributed by atoms with Crippen molar-refractivity contribution in [3.05, 3.63) is 0 Å². The second-order valence-corrected chi connectivity index (χ2v) is 4.38. The lowest BCUT2D eigenvalue weighted by atomic mass is 9.99. The third kappa shape index (κ3) is 2.85. The minimum atomic E-state index is -0.396. The van der Waals surface area contributed by atoms with Gasteiger partial charge in [0.25, 0.3) is 0 Å². The molecule has 1 aliphatic rings. The van der Waals surface area contributed by atoms with E-state index in [0.717, 1.165) is 19.4 Å². The molecule has 1 fully saturated rings. The van der Waals surface area contributed by atoms with Crippen LogP contribution in [-0.4, -0.2) is 41.0 Å². The standard InChI is InChI=1S/C10H18ClNO2/c1-2-9(11)10(14)12-5-3-4-8(6-12)7-13/h8-9,13H,2-7H2,1H3/t8-,9-/m0/s1. The summed E-state index contributed by atoms with van der Waals surface area (Å²) in [6.07, 6.45) is 2.66. The molecule has 2 atom stereocenters. The first-order valence-electron chi connectivity index (χ1n) is 5.22. The smallest absolute Gasteiger partial charge is 0.240 e. The van der Waals surface area contributed by atoms with E-state index in [2.05, 4.69) is 0 Å². The molecule has 0 aromatic carbocycles. The van der Waals surface area contributed by atoms with Crippen LogP contribution in [0.3, 0.4) is 0 Å². The molecule has 14 heavy (non-hydrogen) atoms. The van der Waals surface area contributed by atoms with Crippen LogP contribution in [0.25, 0.3) is 0 Å². The lowest BCUT2D eigenvalue weighted by Crippen LogP contribution is -2.44. The highest BCUT2D eigenvalue weighted by Gasteiger charge is 2.26. The molecule has 0 radical (unpaired) electrons. The highest BCUT2D eigenvalue weighted by Crippen LogP contribution is 2.18. The molecule has 1 saturated heterocycles. The Kier molecular flexibility index (Phi) is 4.69. The van der Waals surface area contributed by atoms with Crippen LogP contribution in [0.4, 0.5) is 0 Å². The van der Waals surface area contributed by atoms with Crippen LogP contribution < -0.4 is 0 Å². The number of aliphatic hydroxyl groups is 1. The summed E-state index contributed by atoms with van der Waals surface area (Å²) in [4.78, 5) is 13.5. The van der Waals surface area contributed by atoms with Gasteiger partial charge in [-0.15, -0.1) is 11.6 Å². The van der Waals surface area contributed by atoms with Gasteiger partial charge in [0.05, 0.1) is 0 Å². The molecule has 82 valence electrons. The van der Waals surface area contributed by atoms with Crippen LogP contribution in [0.1, 0.15) is 26.2 Å². The molecule has 0 aromatic heterocycles. The largest absolute Gasteiger partial charge is 0.396 e. The van der Waals surface area contributed by atoms with Crippen molar-refractivity contribution in [1.82, 2.24) is 4.90 Å². The first kappa shape index (κ1) is 11.8. The maximum Gasteiger partial charge on any atom is 0.240 e. The molecule has 0 spiro atoms. The summed E-state index contributed by atoms with van der Waals surface area (Å²) < 4.78 is 0.